The van der Waals surface area contributed by atoms with Crippen LogP contribution >= 0.6 is 22.9 Å². The van der Waals surface area contributed by atoms with Crippen molar-refractivity contribution in [2.75, 3.05) is 36.4 Å². The third-order valence-electron chi connectivity index (χ3n) is 4.76. The molecule has 7 heteroatoms. The summed E-state index contributed by atoms with van der Waals surface area (Å²) in [5.41, 5.74) is 3.10. The number of amides is 2. The van der Waals surface area contributed by atoms with Crippen LogP contribution in [0.25, 0.3) is 10.2 Å². The first kappa shape index (κ1) is 18.1. The molecule has 4 rings (SSSR count). The van der Waals surface area contributed by atoms with E-state index in [0.717, 1.165) is 30.2 Å². The number of carbonyl (C=O) groups is 1. The van der Waals surface area contributed by atoms with Crippen molar-refractivity contribution in [1.82, 2.24) is 9.88 Å². The van der Waals surface area contributed by atoms with Crippen LogP contribution in [-0.4, -0.2) is 42.1 Å². The fourth-order valence-electron chi connectivity index (χ4n) is 3.18. The molecular weight excluding hydrogens is 380 g/mol. The summed E-state index contributed by atoms with van der Waals surface area (Å²) >= 11 is 7.70. The van der Waals surface area contributed by atoms with Gasteiger partial charge in [-0.1, -0.05) is 42.0 Å². The molecule has 3 aromatic rings. The average molecular weight is 401 g/mol. The number of nitrogens with one attached hydrogen (secondary N) is 1. The van der Waals surface area contributed by atoms with Gasteiger partial charge < -0.3 is 15.1 Å². The number of carbonyl (C=O) groups excluding carboxylic acids is 1. The maximum atomic E-state index is 12.5. The van der Waals surface area contributed by atoms with Gasteiger partial charge in [-0.15, -0.1) is 0 Å². The molecule has 0 unspecified atom stereocenters. The van der Waals surface area contributed by atoms with E-state index in [-0.39, 0.29) is 6.03 Å². The number of benzene rings is 2. The molecule has 2 aromatic carbocycles. The summed E-state index contributed by atoms with van der Waals surface area (Å²) in [6, 6.07) is 13.6. The van der Waals surface area contributed by atoms with Crippen molar-refractivity contribution in [3.05, 3.63) is 53.1 Å². The van der Waals surface area contributed by atoms with Crippen molar-refractivity contribution in [2.45, 2.75) is 13.3 Å². The van der Waals surface area contributed by atoms with Gasteiger partial charge in [0.05, 0.1) is 10.2 Å². The predicted octanol–water partition coefficient (Wildman–Crippen LogP) is 4.87. The summed E-state index contributed by atoms with van der Waals surface area (Å²) in [7, 11) is 0. The van der Waals surface area contributed by atoms with E-state index >= 15 is 0 Å². The molecular formula is C20H21ClN4OS. The highest BCUT2D eigenvalue weighted by Crippen LogP contribution is 2.30. The quantitative estimate of drug-likeness (QED) is 0.682. The molecule has 1 saturated heterocycles. The third-order valence-corrected chi connectivity index (χ3v) is 6.08. The lowest BCUT2D eigenvalue weighted by molar-refractivity contribution is 0.208. The summed E-state index contributed by atoms with van der Waals surface area (Å²) in [4.78, 5) is 21.3. The molecule has 1 aliphatic heterocycles. The van der Waals surface area contributed by atoms with Gasteiger partial charge in [0.2, 0.25) is 0 Å². The second kappa shape index (κ2) is 7.74. The Labute approximate surface area is 167 Å². The maximum absolute atomic E-state index is 12.5. The lowest BCUT2D eigenvalue weighted by atomic mass is 10.2. The lowest BCUT2D eigenvalue weighted by Crippen LogP contribution is -2.50. The fraction of sp³-hybridized carbons (Fsp3) is 0.300. The number of aryl methyl sites for hydroxylation is 1. The number of urea groups is 1. The van der Waals surface area contributed by atoms with Crippen LogP contribution in [0, 0.1) is 0 Å². The lowest BCUT2D eigenvalue weighted by Gasteiger charge is -2.34. The number of hydrogen-bond acceptors (Lipinski definition) is 4. The zero-order chi connectivity index (χ0) is 18.8. The molecule has 140 valence electrons. The van der Waals surface area contributed by atoms with E-state index < -0.39 is 0 Å². The number of rotatable bonds is 3. The van der Waals surface area contributed by atoms with Gasteiger partial charge in [-0.25, -0.2) is 9.78 Å². The van der Waals surface area contributed by atoms with Crippen molar-refractivity contribution >= 4 is 50.0 Å². The minimum absolute atomic E-state index is 0.0891. The molecule has 1 aliphatic rings. The van der Waals surface area contributed by atoms with E-state index in [9.17, 15) is 4.79 Å². The second-order valence-corrected chi connectivity index (χ2v) is 8.01. The first-order valence-corrected chi connectivity index (χ1v) is 10.3. The minimum Gasteiger partial charge on any atom is -0.345 e. The summed E-state index contributed by atoms with van der Waals surface area (Å²) in [5.74, 6) is 0. The number of aromatic nitrogens is 1. The summed E-state index contributed by atoms with van der Waals surface area (Å²) in [5, 5.41) is 4.56. The van der Waals surface area contributed by atoms with Crippen molar-refractivity contribution in [1.29, 1.82) is 0 Å². The number of hydrogen-bond donors (Lipinski definition) is 1. The Balaban J connectivity index is 1.39. The smallest absolute Gasteiger partial charge is 0.321 e. The van der Waals surface area contributed by atoms with E-state index in [4.69, 9.17) is 16.6 Å². The highest BCUT2D eigenvalue weighted by atomic mass is 35.5. The molecule has 5 nitrogen and oxygen atoms in total. The summed E-state index contributed by atoms with van der Waals surface area (Å²) in [6.07, 6.45) is 1.03. The first-order valence-electron chi connectivity index (χ1n) is 9.08. The molecule has 0 aliphatic carbocycles. The van der Waals surface area contributed by atoms with Crippen molar-refractivity contribution < 1.29 is 4.79 Å². The van der Waals surface area contributed by atoms with Crippen molar-refractivity contribution in [2.24, 2.45) is 0 Å². The molecule has 0 saturated carbocycles. The normalized spacial score (nSPS) is 14.6. The highest BCUT2D eigenvalue weighted by molar-refractivity contribution is 7.22. The Morgan fingerprint density at radius 3 is 2.74 bits per heavy atom. The van der Waals surface area contributed by atoms with Crippen LogP contribution in [0.15, 0.2) is 42.5 Å². The molecule has 0 bridgehead atoms. The van der Waals surface area contributed by atoms with Crippen LogP contribution in [0.3, 0.4) is 0 Å². The van der Waals surface area contributed by atoms with Crippen LogP contribution in [0.1, 0.15) is 12.5 Å². The molecule has 0 spiro atoms. The number of fused-ring (bicyclic) bond motifs is 1. The SMILES string of the molecule is CCc1ccc2nc(N3CCN(C(=O)Nc4cccc(Cl)c4)CC3)sc2c1. The molecule has 1 N–H and O–H groups in total. The third kappa shape index (κ3) is 4.01. The number of halogens is 1. The molecule has 27 heavy (non-hydrogen) atoms. The Bertz CT molecular complexity index is 966. The maximum Gasteiger partial charge on any atom is 0.321 e. The number of piperazine rings is 1. The van der Waals surface area contributed by atoms with Crippen LogP contribution < -0.4 is 10.2 Å². The highest BCUT2D eigenvalue weighted by Gasteiger charge is 2.23. The zero-order valence-corrected chi connectivity index (χ0v) is 16.7. The Morgan fingerprint density at radius 1 is 1.19 bits per heavy atom. The second-order valence-electron chi connectivity index (χ2n) is 6.57. The minimum atomic E-state index is -0.0891. The van der Waals surface area contributed by atoms with Gasteiger partial charge in [0.15, 0.2) is 5.13 Å². The molecule has 2 amide bonds. The molecule has 2 heterocycles. The summed E-state index contributed by atoms with van der Waals surface area (Å²) < 4.78 is 1.23. The van der Waals surface area contributed by atoms with Gasteiger partial charge in [0, 0.05) is 36.9 Å². The molecule has 0 radical (unpaired) electrons. The Morgan fingerprint density at radius 2 is 2.00 bits per heavy atom. The Kier molecular flexibility index (Phi) is 5.18. The van der Waals surface area contributed by atoms with E-state index in [1.807, 2.05) is 17.0 Å². The molecule has 1 fully saturated rings. The monoisotopic (exact) mass is 400 g/mol. The number of thiazole rings is 1. The van der Waals surface area contributed by atoms with Crippen LogP contribution in [0.5, 0.6) is 0 Å². The topological polar surface area (TPSA) is 48.5 Å². The van der Waals surface area contributed by atoms with E-state index in [0.29, 0.717) is 23.8 Å². The summed E-state index contributed by atoms with van der Waals surface area (Å²) in [6.45, 7) is 5.06. The number of anilines is 2. The number of nitrogens with zero attached hydrogens (tertiary/aromatic N) is 3. The van der Waals surface area contributed by atoms with Crippen molar-refractivity contribution in [3.8, 4) is 0 Å². The molecule has 0 atom stereocenters. The average Bonchev–Trinajstić information content (AvgIpc) is 3.11. The van der Waals surface area contributed by atoms with Gasteiger partial charge in [-0.05, 0) is 42.3 Å². The predicted molar refractivity (Wildman–Crippen MR) is 113 cm³/mol. The Hall–Kier alpha value is -2.31. The van der Waals surface area contributed by atoms with Gasteiger partial charge in [0.1, 0.15) is 0 Å². The van der Waals surface area contributed by atoms with E-state index in [2.05, 4.69) is 35.3 Å². The standard InChI is InChI=1S/C20H21ClN4OS/c1-2-14-6-7-17-18(12-14)27-20(23-17)25-10-8-24(9-11-25)19(26)22-16-5-3-4-15(21)13-16/h3-7,12-13H,2,8-11H2,1H3,(H,22,26). The van der Waals surface area contributed by atoms with Crippen LogP contribution in [0.4, 0.5) is 15.6 Å². The zero-order valence-electron chi connectivity index (χ0n) is 15.1. The van der Waals surface area contributed by atoms with E-state index in [1.165, 1.54) is 10.3 Å². The van der Waals surface area contributed by atoms with Crippen LogP contribution in [0.2, 0.25) is 5.02 Å². The first-order chi connectivity index (χ1) is 13.1. The fourth-order valence-corrected chi connectivity index (χ4v) is 4.45. The van der Waals surface area contributed by atoms with Crippen molar-refractivity contribution in [3.63, 3.8) is 0 Å². The van der Waals surface area contributed by atoms with Gasteiger partial charge in [0.25, 0.3) is 0 Å². The largest absolute Gasteiger partial charge is 0.345 e. The van der Waals surface area contributed by atoms with Gasteiger partial charge in [-0.3, -0.25) is 0 Å². The van der Waals surface area contributed by atoms with E-state index in [1.54, 1.807) is 23.5 Å². The van der Waals surface area contributed by atoms with Crippen LogP contribution in [-0.2, 0) is 6.42 Å². The van der Waals surface area contributed by atoms with Gasteiger partial charge >= 0.3 is 6.03 Å². The van der Waals surface area contributed by atoms with Gasteiger partial charge in [-0.2, -0.15) is 0 Å². The molecule has 1 aromatic heterocycles.